The summed E-state index contributed by atoms with van der Waals surface area (Å²) in [5, 5.41) is 3.74. The number of rotatable bonds is 9. The first-order valence-corrected chi connectivity index (χ1v) is 8.38. The molecule has 0 unspecified atom stereocenters. The van der Waals surface area contributed by atoms with E-state index in [0.29, 0.717) is 6.04 Å². The predicted molar refractivity (Wildman–Crippen MR) is 95.1 cm³/mol. The van der Waals surface area contributed by atoms with Crippen LogP contribution in [-0.4, -0.2) is 31.1 Å². The van der Waals surface area contributed by atoms with Crippen LogP contribution < -0.4 is 5.32 Å². The number of benzene rings is 2. The highest BCUT2D eigenvalue weighted by molar-refractivity contribution is 5.23. The predicted octanol–water partition coefficient (Wildman–Crippen LogP) is 3.90. The fraction of sp³-hybridized carbons (Fsp3) is 0.400. The lowest BCUT2D eigenvalue weighted by Crippen LogP contribution is -2.34. The van der Waals surface area contributed by atoms with Crippen molar-refractivity contribution in [3.05, 3.63) is 71.8 Å². The van der Waals surface area contributed by atoms with Gasteiger partial charge in [0.1, 0.15) is 0 Å². The molecule has 0 aliphatic carbocycles. The van der Waals surface area contributed by atoms with Crippen molar-refractivity contribution in [1.82, 2.24) is 10.2 Å². The molecule has 0 aliphatic heterocycles. The SMILES string of the molecule is CCN(CC)CCN[C@@H](Cc1ccccc1)c1ccccc1. The first kappa shape index (κ1) is 16.7. The molecule has 22 heavy (non-hydrogen) atoms. The van der Waals surface area contributed by atoms with E-state index >= 15 is 0 Å². The standard InChI is InChI=1S/C20H28N2/c1-3-22(4-2)16-15-21-20(19-13-9-6-10-14-19)17-18-11-7-5-8-12-18/h5-14,20-21H,3-4,15-17H2,1-2H3/t20-/m0/s1. The summed E-state index contributed by atoms with van der Waals surface area (Å²) in [7, 11) is 0. The molecule has 1 N–H and O–H groups in total. The van der Waals surface area contributed by atoms with Gasteiger partial charge in [0.2, 0.25) is 0 Å². The van der Waals surface area contributed by atoms with E-state index in [-0.39, 0.29) is 0 Å². The van der Waals surface area contributed by atoms with E-state index in [0.717, 1.165) is 32.6 Å². The molecule has 2 aromatic rings. The van der Waals surface area contributed by atoms with Gasteiger partial charge in [0, 0.05) is 19.1 Å². The summed E-state index contributed by atoms with van der Waals surface area (Å²) in [6, 6.07) is 21.9. The van der Waals surface area contributed by atoms with Crippen molar-refractivity contribution in [2.24, 2.45) is 0 Å². The van der Waals surface area contributed by atoms with Crippen LogP contribution in [0.1, 0.15) is 31.0 Å². The van der Waals surface area contributed by atoms with E-state index in [4.69, 9.17) is 0 Å². The molecule has 0 spiro atoms. The van der Waals surface area contributed by atoms with E-state index in [2.05, 4.69) is 84.7 Å². The van der Waals surface area contributed by atoms with E-state index in [1.807, 2.05) is 0 Å². The lowest BCUT2D eigenvalue weighted by Gasteiger charge is -2.23. The van der Waals surface area contributed by atoms with Crippen LogP contribution in [0, 0.1) is 0 Å². The fourth-order valence-corrected chi connectivity index (χ4v) is 2.78. The van der Waals surface area contributed by atoms with E-state index in [1.165, 1.54) is 11.1 Å². The maximum absolute atomic E-state index is 3.74. The molecule has 0 aliphatic rings. The Morgan fingerprint density at radius 1 is 0.864 bits per heavy atom. The Bertz CT molecular complexity index is 506. The maximum atomic E-state index is 3.74. The second-order valence-electron chi connectivity index (χ2n) is 5.63. The molecule has 0 bridgehead atoms. The molecular weight excluding hydrogens is 268 g/mol. The minimum atomic E-state index is 0.374. The molecule has 2 rings (SSSR count). The normalized spacial score (nSPS) is 12.5. The third-order valence-corrected chi connectivity index (χ3v) is 4.20. The van der Waals surface area contributed by atoms with Crippen molar-refractivity contribution < 1.29 is 0 Å². The Morgan fingerprint density at radius 2 is 1.45 bits per heavy atom. The highest BCUT2D eigenvalue weighted by atomic mass is 15.1. The van der Waals surface area contributed by atoms with Gasteiger partial charge in [-0.25, -0.2) is 0 Å². The second kappa shape index (κ2) is 9.39. The van der Waals surface area contributed by atoms with E-state index in [9.17, 15) is 0 Å². The lowest BCUT2D eigenvalue weighted by atomic mass is 9.99. The smallest absolute Gasteiger partial charge is 0.0361 e. The third kappa shape index (κ3) is 5.28. The van der Waals surface area contributed by atoms with Crippen LogP contribution in [0.4, 0.5) is 0 Å². The molecule has 1 atom stereocenters. The van der Waals surface area contributed by atoms with Gasteiger partial charge in [0.15, 0.2) is 0 Å². The van der Waals surface area contributed by atoms with Crippen LogP contribution in [0.2, 0.25) is 0 Å². The molecular formula is C20H28N2. The summed E-state index contributed by atoms with van der Waals surface area (Å²) >= 11 is 0. The average Bonchev–Trinajstić information content (AvgIpc) is 2.59. The number of nitrogens with zero attached hydrogens (tertiary/aromatic N) is 1. The molecule has 0 radical (unpaired) electrons. The zero-order chi connectivity index (χ0) is 15.6. The van der Waals surface area contributed by atoms with Gasteiger partial charge in [-0.3, -0.25) is 0 Å². The largest absolute Gasteiger partial charge is 0.308 e. The summed E-state index contributed by atoms with van der Waals surface area (Å²) < 4.78 is 0. The van der Waals surface area contributed by atoms with Crippen LogP contribution >= 0.6 is 0 Å². The van der Waals surface area contributed by atoms with Crippen molar-refractivity contribution in [1.29, 1.82) is 0 Å². The van der Waals surface area contributed by atoms with Crippen LogP contribution in [0.25, 0.3) is 0 Å². The minimum Gasteiger partial charge on any atom is -0.308 e. The van der Waals surface area contributed by atoms with E-state index < -0.39 is 0 Å². The molecule has 2 nitrogen and oxygen atoms in total. The van der Waals surface area contributed by atoms with Crippen molar-refractivity contribution >= 4 is 0 Å². The van der Waals surface area contributed by atoms with Crippen molar-refractivity contribution in [2.75, 3.05) is 26.2 Å². The fourth-order valence-electron chi connectivity index (χ4n) is 2.78. The Labute approximate surface area is 135 Å². The summed E-state index contributed by atoms with van der Waals surface area (Å²) in [4.78, 5) is 2.46. The van der Waals surface area contributed by atoms with Gasteiger partial charge in [-0.2, -0.15) is 0 Å². The molecule has 0 amide bonds. The quantitative estimate of drug-likeness (QED) is 0.755. The van der Waals surface area contributed by atoms with Gasteiger partial charge in [-0.05, 0) is 30.6 Å². The number of nitrogens with one attached hydrogen (secondary N) is 1. The van der Waals surface area contributed by atoms with E-state index in [1.54, 1.807) is 0 Å². The number of likely N-dealkylation sites (N-methyl/N-ethyl adjacent to an activating group) is 1. The highest BCUT2D eigenvalue weighted by Gasteiger charge is 2.11. The van der Waals surface area contributed by atoms with Crippen LogP contribution in [0.5, 0.6) is 0 Å². The first-order valence-electron chi connectivity index (χ1n) is 8.38. The molecule has 0 fully saturated rings. The Morgan fingerprint density at radius 3 is 2.05 bits per heavy atom. The summed E-state index contributed by atoms with van der Waals surface area (Å²) in [5.41, 5.74) is 2.75. The van der Waals surface area contributed by atoms with Gasteiger partial charge in [-0.15, -0.1) is 0 Å². The number of hydrogen-bond donors (Lipinski definition) is 1. The molecule has 2 heteroatoms. The minimum absolute atomic E-state index is 0.374. The summed E-state index contributed by atoms with van der Waals surface area (Å²) in [6.07, 6.45) is 1.03. The van der Waals surface area contributed by atoms with Gasteiger partial charge < -0.3 is 10.2 Å². The molecule has 118 valence electrons. The molecule has 0 saturated heterocycles. The monoisotopic (exact) mass is 296 g/mol. The van der Waals surface area contributed by atoms with Crippen LogP contribution in [0.15, 0.2) is 60.7 Å². The van der Waals surface area contributed by atoms with Crippen molar-refractivity contribution in [3.8, 4) is 0 Å². The molecule has 0 heterocycles. The van der Waals surface area contributed by atoms with Crippen LogP contribution in [-0.2, 0) is 6.42 Å². The first-order chi connectivity index (χ1) is 10.8. The topological polar surface area (TPSA) is 15.3 Å². The lowest BCUT2D eigenvalue weighted by molar-refractivity contribution is 0.296. The molecule has 0 saturated carbocycles. The molecule has 2 aromatic carbocycles. The van der Waals surface area contributed by atoms with Gasteiger partial charge in [0.25, 0.3) is 0 Å². The van der Waals surface area contributed by atoms with Crippen LogP contribution in [0.3, 0.4) is 0 Å². The summed E-state index contributed by atoms with van der Waals surface area (Å²) in [6.45, 7) is 8.81. The average molecular weight is 296 g/mol. The summed E-state index contributed by atoms with van der Waals surface area (Å²) in [5.74, 6) is 0. The third-order valence-electron chi connectivity index (χ3n) is 4.20. The Balaban J connectivity index is 1.99. The van der Waals surface area contributed by atoms with Crippen molar-refractivity contribution in [2.45, 2.75) is 26.3 Å². The number of hydrogen-bond acceptors (Lipinski definition) is 2. The zero-order valence-corrected chi connectivity index (χ0v) is 13.8. The Kier molecular flexibility index (Phi) is 7.14. The van der Waals surface area contributed by atoms with Crippen molar-refractivity contribution in [3.63, 3.8) is 0 Å². The van der Waals surface area contributed by atoms with Gasteiger partial charge >= 0.3 is 0 Å². The molecule has 0 aromatic heterocycles. The zero-order valence-electron chi connectivity index (χ0n) is 13.8. The van der Waals surface area contributed by atoms with Gasteiger partial charge in [0.05, 0.1) is 0 Å². The Hall–Kier alpha value is -1.64. The van der Waals surface area contributed by atoms with Gasteiger partial charge in [-0.1, -0.05) is 74.5 Å². The maximum Gasteiger partial charge on any atom is 0.0361 e. The second-order valence-corrected chi connectivity index (χ2v) is 5.63. The highest BCUT2D eigenvalue weighted by Crippen LogP contribution is 2.18.